The maximum Gasteiger partial charge on any atom is 0.187 e. The third-order valence-corrected chi connectivity index (χ3v) is 4.59. The number of aliphatic hydroxyl groups excluding tert-OH is 7. The summed E-state index contributed by atoms with van der Waals surface area (Å²) in [6.45, 7) is -0.627. The Hall–Kier alpha value is 0.0800. The van der Waals surface area contributed by atoms with Gasteiger partial charge >= 0.3 is 0 Å². The highest BCUT2D eigenvalue weighted by atomic mass is 79.9. The van der Waals surface area contributed by atoms with Crippen LogP contribution in [0.3, 0.4) is 0 Å². The van der Waals surface area contributed by atoms with Gasteiger partial charge in [0.05, 0.1) is 12.7 Å². The van der Waals surface area contributed by atoms with Gasteiger partial charge in [-0.15, -0.1) is 0 Å². The van der Waals surface area contributed by atoms with Gasteiger partial charge in [-0.1, -0.05) is 15.9 Å². The summed E-state index contributed by atoms with van der Waals surface area (Å²) in [6.07, 6.45) is -14.4. The van der Waals surface area contributed by atoms with E-state index in [1.54, 1.807) is 0 Å². The first-order valence-electron chi connectivity index (χ1n) is 7.03. The molecule has 0 aromatic rings. The maximum atomic E-state index is 10.0. The van der Waals surface area contributed by atoms with Gasteiger partial charge in [0, 0.05) is 5.33 Å². The molecule has 136 valence electrons. The largest absolute Gasteiger partial charge is 0.394 e. The minimum Gasteiger partial charge on any atom is -0.394 e. The Morgan fingerprint density at radius 3 is 2.00 bits per heavy atom. The summed E-state index contributed by atoms with van der Waals surface area (Å²) in [5, 5.41) is 67.8. The van der Waals surface area contributed by atoms with Crippen molar-refractivity contribution in [3.63, 3.8) is 0 Å². The van der Waals surface area contributed by atoms with E-state index in [1.807, 2.05) is 0 Å². The molecule has 0 amide bonds. The van der Waals surface area contributed by atoms with E-state index in [2.05, 4.69) is 15.9 Å². The van der Waals surface area contributed by atoms with Crippen molar-refractivity contribution in [1.29, 1.82) is 0 Å². The predicted molar refractivity (Wildman–Crippen MR) is 75.3 cm³/mol. The Labute approximate surface area is 140 Å². The summed E-state index contributed by atoms with van der Waals surface area (Å²) < 4.78 is 15.7. The van der Waals surface area contributed by atoms with Crippen molar-refractivity contribution in [2.45, 2.75) is 61.4 Å². The molecule has 0 aromatic carbocycles. The molecule has 0 aromatic heterocycles. The standard InChI is InChI=1S/C12H21BrO10/c13-1-3-10(7(17)8(18)11(20)21-3)23-12-9(19)6(16)5(15)4(2-14)22-12/h3-12,14-20H,1-2H2/t3-,4-,5-,6+,7-,8-,9-,10-,11-,12+/m1/s1. The molecule has 11 heteroatoms. The third-order valence-electron chi connectivity index (χ3n) is 3.95. The Morgan fingerprint density at radius 1 is 0.783 bits per heavy atom. The van der Waals surface area contributed by atoms with Crippen LogP contribution in [0.15, 0.2) is 0 Å². The summed E-state index contributed by atoms with van der Waals surface area (Å²) in [6, 6.07) is 0. The Kier molecular flexibility index (Phi) is 6.73. The average Bonchev–Trinajstić information content (AvgIpc) is 2.55. The lowest BCUT2D eigenvalue weighted by Crippen LogP contribution is -2.64. The minimum atomic E-state index is -1.65. The summed E-state index contributed by atoms with van der Waals surface area (Å²) in [5.41, 5.74) is 0. The molecule has 2 heterocycles. The summed E-state index contributed by atoms with van der Waals surface area (Å²) >= 11 is 3.11. The number of alkyl halides is 1. The summed E-state index contributed by atoms with van der Waals surface area (Å²) in [7, 11) is 0. The number of ether oxygens (including phenoxy) is 3. The van der Waals surface area contributed by atoms with Crippen LogP contribution in [0.1, 0.15) is 0 Å². The fourth-order valence-electron chi connectivity index (χ4n) is 2.55. The van der Waals surface area contributed by atoms with Gasteiger partial charge in [-0.3, -0.25) is 0 Å². The molecule has 0 saturated carbocycles. The SMILES string of the molecule is OC[C@H]1O[C@@H](O[C@H]2[C@H](O)[C@@H](O)[C@H](O)O[C@@H]2CBr)[C@H](O)[C@@H](O)[C@@H]1O. The van der Waals surface area contributed by atoms with Crippen LogP contribution in [-0.4, -0.2) is 109 Å². The van der Waals surface area contributed by atoms with Crippen LogP contribution in [0.2, 0.25) is 0 Å². The second-order valence-electron chi connectivity index (χ2n) is 5.50. The van der Waals surface area contributed by atoms with E-state index < -0.39 is 68.0 Å². The molecule has 0 aliphatic carbocycles. The van der Waals surface area contributed by atoms with E-state index in [1.165, 1.54) is 0 Å². The Balaban J connectivity index is 2.11. The molecule has 2 aliphatic heterocycles. The summed E-state index contributed by atoms with van der Waals surface area (Å²) in [5.74, 6) is 0. The van der Waals surface area contributed by atoms with E-state index in [9.17, 15) is 30.6 Å². The zero-order valence-electron chi connectivity index (χ0n) is 11.9. The van der Waals surface area contributed by atoms with Crippen molar-refractivity contribution in [2.24, 2.45) is 0 Å². The second kappa shape index (κ2) is 7.97. The van der Waals surface area contributed by atoms with Gasteiger partial charge in [0.25, 0.3) is 0 Å². The lowest BCUT2D eigenvalue weighted by atomic mass is 9.97. The third kappa shape index (κ3) is 3.85. The quantitative estimate of drug-likeness (QED) is 0.229. The molecule has 2 aliphatic rings. The van der Waals surface area contributed by atoms with E-state index in [4.69, 9.17) is 19.3 Å². The summed E-state index contributed by atoms with van der Waals surface area (Å²) in [4.78, 5) is 0. The smallest absolute Gasteiger partial charge is 0.187 e. The number of hydrogen-bond acceptors (Lipinski definition) is 10. The van der Waals surface area contributed by atoms with Crippen molar-refractivity contribution in [3.8, 4) is 0 Å². The first-order valence-corrected chi connectivity index (χ1v) is 8.15. The van der Waals surface area contributed by atoms with Crippen molar-refractivity contribution >= 4 is 15.9 Å². The highest BCUT2D eigenvalue weighted by Crippen LogP contribution is 2.29. The Morgan fingerprint density at radius 2 is 1.43 bits per heavy atom. The molecule has 23 heavy (non-hydrogen) atoms. The van der Waals surface area contributed by atoms with E-state index in [0.29, 0.717) is 0 Å². The zero-order chi connectivity index (χ0) is 17.3. The molecular weight excluding hydrogens is 384 g/mol. The lowest BCUT2D eigenvalue weighted by molar-refractivity contribution is -0.350. The highest BCUT2D eigenvalue weighted by Gasteiger charge is 2.49. The molecule has 10 atom stereocenters. The number of hydrogen-bond donors (Lipinski definition) is 7. The molecular formula is C12H21BrO10. The van der Waals surface area contributed by atoms with Crippen molar-refractivity contribution in [3.05, 3.63) is 0 Å². The molecule has 0 bridgehead atoms. The fourth-order valence-corrected chi connectivity index (χ4v) is 3.07. The molecule has 10 nitrogen and oxygen atoms in total. The van der Waals surface area contributed by atoms with Gasteiger partial charge in [0.2, 0.25) is 0 Å². The first kappa shape index (κ1) is 19.4. The maximum absolute atomic E-state index is 10.0. The monoisotopic (exact) mass is 404 g/mol. The van der Waals surface area contributed by atoms with Gasteiger partial charge < -0.3 is 50.0 Å². The minimum absolute atomic E-state index is 0.135. The van der Waals surface area contributed by atoms with Crippen LogP contribution < -0.4 is 0 Å². The molecule has 2 saturated heterocycles. The highest BCUT2D eigenvalue weighted by molar-refractivity contribution is 9.09. The Bertz CT molecular complexity index is 383. The molecule has 0 unspecified atom stereocenters. The van der Waals surface area contributed by atoms with E-state index in [-0.39, 0.29) is 5.33 Å². The second-order valence-corrected chi connectivity index (χ2v) is 6.15. The van der Waals surface area contributed by atoms with Crippen LogP contribution >= 0.6 is 15.9 Å². The van der Waals surface area contributed by atoms with Gasteiger partial charge in [0.15, 0.2) is 12.6 Å². The topological polar surface area (TPSA) is 169 Å². The number of halogens is 1. The van der Waals surface area contributed by atoms with E-state index >= 15 is 0 Å². The molecule has 0 spiro atoms. The van der Waals surface area contributed by atoms with Crippen LogP contribution in [0, 0.1) is 0 Å². The van der Waals surface area contributed by atoms with Crippen LogP contribution in [0.4, 0.5) is 0 Å². The molecule has 0 radical (unpaired) electrons. The van der Waals surface area contributed by atoms with Crippen LogP contribution in [0.25, 0.3) is 0 Å². The number of rotatable bonds is 4. The van der Waals surface area contributed by atoms with Crippen LogP contribution in [0.5, 0.6) is 0 Å². The van der Waals surface area contributed by atoms with E-state index in [0.717, 1.165) is 0 Å². The normalized spacial score (nSPS) is 51.7. The van der Waals surface area contributed by atoms with Gasteiger partial charge in [-0.05, 0) is 0 Å². The van der Waals surface area contributed by atoms with Gasteiger partial charge in [0.1, 0.15) is 42.7 Å². The van der Waals surface area contributed by atoms with Crippen molar-refractivity contribution < 1.29 is 50.0 Å². The van der Waals surface area contributed by atoms with Gasteiger partial charge in [-0.2, -0.15) is 0 Å². The van der Waals surface area contributed by atoms with Crippen molar-refractivity contribution in [1.82, 2.24) is 0 Å². The number of aliphatic hydroxyl groups is 7. The lowest BCUT2D eigenvalue weighted by Gasteiger charge is -2.45. The first-order chi connectivity index (χ1) is 10.8. The predicted octanol–water partition coefficient (Wildman–Crippen LogP) is -3.99. The molecule has 2 fully saturated rings. The van der Waals surface area contributed by atoms with Gasteiger partial charge in [-0.25, -0.2) is 0 Å². The molecule has 2 rings (SSSR count). The van der Waals surface area contributed by atoms with Crippen LogP contribution in [-0.2, 0) is 14.2 Å². The van der Waals surface area contributed by atoms with Crippen molar-refractivity contribution in [2.75, 3.05) is 11.9 Å². The fraction of sp³-hybridized carbons (Fsp3) is 1.00. The average molecular weight is 405 g/mol. The zero-order valence-corrected chi connectivity index (χ0v) is 13.5. The molecule has 7 N–H and O–H groups in total.